The minimum atomic E-state index is -3.42. The normalized spacial score (nSPS) is 14.5. The number of amides is 1. The van der Waals surface area contributed by atoms with Gasteiger partial charge in [0.15, 0.2) is 0 Å². The zero-order valence-electron chi connectivity index (χ0n) is 16.3. The molecule has 0 saturated carbocycles. The first-order valence-corrected chi connectivity index (χ1v) is 10.9. The Morgan fingerprint density at radius 1 is 1.00 bits per heavy atom. The van der Waals surface area contributed by atoms with Crippen LogP contribution in [0.2, 0.25) is 0 Å². The van der Waals surface area contributed by atoms with Crippen LogP contribution in [0.25, 0.3) is 0 Å². The summed E-state index contributed by atoms with van der Waals surface area (Å²) in [6.07, 6.45) is 2.56. The highest BCUT2D eigenvalue weighted by atomic mass is 32.2. The van der Waals surface area contributed by atoms with Crippen molar-refractivity contribution in [1.29, 1.82) is 0 Å². The highest BCUT2D eigenvalue weighted by molar-refractivity contribution is 7.89. The van der Waals surface area contributed by atoms with E-state index in [0.717, 1.165) is 18.4 Å². The number of carbonyl (C=O) groups is 2. The quantitative estimate of drug-likeness (QED) is 0.701. The molecule has 1 fully saturated rings. The molecule has 29 heavy (non-hydrogen) atoms. The summed E-state index contributed by atoms with van der Waals surface area (Å²) in [6.45, 7) is 1.15. The van der Waals surface area contributed by atoms with Gasteiger partial charge in [-0.25, -0.2) is 13.2 Å². The summed E-state index contributed by atoms with van der Waals surface area (Å²) < 4.78 is 31.2. The molecule has 2 aromatic carbocycles. The van der Waals surface area contributed by atoms with Gasteiger partial charge in [-0.05, 0) is 61.2 Å². The smallest absolute Gasteiger partial charge is 0.337 e. The molecule has 1 heterocycles. The second-order valence-corrected chi connectivity index (χ2v) is 8.81. The molecule has 0 atom stereocenters. The van der Waals surface area contributed by atoms with Crippen molar-refractivity contribution >= 4 is 27.6 Å². The molecule has 1 aliphatic rings. The first-order valence-electron chi connectivity index (χ1n) is 9.47. The fourth-order valence-corrected chi connectivity index (χ4v) is 4.71. The SMILES string of the molecule is COC(=O)c1ccc(NC(=O)CCc2ccc(S(=O)(=O)N3CCCC3)cc2)cc1. The van der Waals surface area contributed by atoms with Crippen molar-refractivity contribution in [2.24, 2.45) is 0 Å². The number of aryl methyl sites for hydroxylation is 1. The number of benzene rings is 2. The maximum atomic E-state index is 12.5. The van der Waals surface area contributed by atoms with E-state index in [-0.39, 0.29) is 12.3 Å². The third-order valence-corrected chi connectivity index (χ3v) is 6.77. The van der Waals surface area contributed by atoms with E-state index in [1.54, 1.807) is 48.5 Å². The number of methoxy groups -OCH3 is 1. The number of sulfonamides is 1. The van der Waals surface area contributed by atoms with Crippen LogP contribution in [0.15, 0.2) is 53.4 Å². The fraction of sp³-hybridized carbons (Fsp3) is 0.333. The number of nitrogens with one attached hydrogen (secondary N) is 1. The molecule has 3 rings (SSSR count). The van der Waals surface area contributed by atoms with Crippen LogP contribution >= 0.6 is 0 Å². The van der Waals surface area contributed by atoms with Gasteiger partial charge in [0.25, 0.3) is 0 Å². The van der Waals surface area contributed by atoms with E-state index in [4.69, 9.17) is 0 Å². The van der Waals surface area contributed by atoms with Gasteiger partial charge in [-0.1, -0.05) is 12.1 Å². The fourth-order valence-electron chi connectivity index (χ4n) is 3.19. The summed E-state index contributed by atoms with van der Waals surface area (Å²) >= 11 is 0. The van der Waals surface area contributed by atoms with Gasteiger partial charge in [-0.3, -0.25) is 4.79 Å². The zero-order chi connectivity index (χ0) is 20.9. The van der Waals surface area contributed by atoms with Crippen molar-refractivity contribution in [3.8, 4) is 0 Å². The molecular formula is C21H24N2O5S. The van der Waals surface area contributed by atoms with Crippen molar-refractivity contribution in [3.05, 3.63) is 59.7 Å². The van der Waals surface area contributed by atoms with Crippen LogP contribution in [-0.4, -0.2) is 44.8 Å². The molecule has 7 nitrogen and oxygen atoms in total. The summed E-state index contributed by atoms with van der Waals surface area (Å²) in [4.78, 5) is 23.9. The lowest BCUT2D eigenvalue weighted by molar-refractivity contribution is -0.116. The summed E-state index contributed by atoms with van der Waals surface area (Å²) in [6, 6.07) is 13.2. The van der Waals surface area contributed by atoms with E-state index in [2.05, 4.69) is 10.1 Å². The molecule has 0 unspecified atom stereocenters. The minimum absolute atomic E-state index is 0.162. The molecule has 1 amide bonds. The van der Waals surface area contributed by atoms with Gasteiger partial charge in [-0.2, -0.15) is 4.31 Å². The summed E-state index contributed by atoms with van der Waals surface area (Å²) in [5.74, 6) is -0.595. The number of carbonyl (C=O) groups excluding carboxylic acids is 2. The van der Waals surface area contributed by atoms with Crippen LogP contribution in [0.1, 0.15) is 35.2 Å². The van der Waals surface area contributed by atoms with Crippen LogP contribution in [0.3, 0.4) is 0 Å². The molecule has 0 aliphatic carbocycles. The maximum Gasteiger partial charge on any atom is 0.337 e. The van der Waals surface area contributed by atoms with E-state index in [0.29, 0.717) is 35.7 Å². The molecule has 154 valence electrons. The third kappa shape index (κ3) is 5.21. The van der Waals surface area contributed by atoms with Gasteiger partial charge in [0.05, 0.1) is 17.6 Å². The van der Waals surface area contributed by atoms with Crippen LogP contribution in [-0.2, 0) is 26.0 Å². The van der Waals surface area contributed by atoms with Gasteiger partial charge in [0, 0.05) is 25.2 Å². The van der Waals surface area contributed by atoms with Gasteiger partial charge >= 0.3 is 5.97 Å². The van der Waals surface area contributed by atoms with E-state index in [1.807, 2.05) is 0 Å². The maximum absolute atomic E-state index is 12.5. The number of esters is 1. The number of rotatable bonds is 7. The van der Waals surface area contributed by atoms with E-state index >= 15 is 0 Å². The Balaban J connectivity index is 1.53. The minimum Gasteiger partial charge on any atom is -0.465 e. The molecule has 0 spiro atoms. The molecule has 1 aliphatic heterocycles. The van der Waals surface area contributed by atoms with Crippen LogP contribution < -0.4 is 5.32 Å². The first-order chi connectivity index (χ1) is 13.9. The number of nitrogens with zero attached hydrogens (tertiary/aromatic N) is 1. The third-order valence-electron chi connectivity index (χ3n) is 4.86. The van der Waals surface area contributed by atoms with Crippen molar-refractivity contribution in [3.63, 3.8) is 0 Å². The predicted molar refractivity (Wildman–Crippen MR) is 109 cm³/mol. The number of hydrogen-bond donors (Lipinski definition) is 1. The van der Waals surface area contributed by atoms with Crippen molar-refractivity contribution in [2.45, 2.75) is 30.6 Å². The van der Waals surface area contributed by atoms with Crippen LogP contribution in [0, 0.1) is 0 Å². The second kappa shape index (κ2) is 9.19. The van der Waals surface area contributed by atoms with Crippen molar-refractivity contribution < 1.29 is 22.7 Å². The van der Waals surface area contributed by atoms with Crippen molar-refractivity contribution in [2.75, 3.05) is 25.5 Å². The van der Waals surface area contributed by atoms with Gasteiger partial charge in [0.1, 0.15) is 0 Å². The Labute approximate surface area is 170 Å². The van der Waals surface area contributed by atoms with Gasteiger partial charge in [-0.15, -0.1) is 0 Å². The topological polar surface area (TPSA) is 92.8 Å². The van der Waals surface area contributed by atoms with E-state index in [9.17, 15) is 18.0 Å². The summed E-state index contributed by atoms with van der Waals surface area (Å²) in [5.41, 5.74) is 1.89. The predicted octanol–water partition coefficient (Wildman–Crippen LogP) is 2.83. The molecule has 2 aromatic rings. The Morgan fingerprint density at radius 3 is 2.21 bits per heavy atom. The Kier molecular flexibility index (Phi) is 6.66. The zero-order valence-corrected chi connectivity index (χ0v) is 17.1. The van der Waals surface area contributed by atoms with E-state index < -0.39 is 16.0 Å². The summed E-state index contributed by atoms with van der Waals surface area (Å²) in [7, 11) is -2.11. The molecule has 1 saturated heterocycles. The van der Waals surface area contributed by atoms with E-state index in [1.165, 1.54) is 11.4 Å². The lowest BCUT2D eigenvalue weighted by Gasteiger charge is -2.15. The van der Waals surface area contributed by atoms with Crippen molar-refractivity contribution in [1.82, 2.24) is 4.31 Å². The molecular weight excluding hydrogens is 392 g/mol. The largest absolute Gasteiger partial charge is 0.465 e. The highest BCUT2D eigenvalue weighted by Gasteiger charge is 2.26. The molecule has 8 heteroatoms. The Bertz CT molecular complexity index is 963. The lowest BCUT2D eigenvalue weighted by atomic mass is 10.1. The molecule has 1 N–H and O–H groups in total. The number of ether oxygens (including phenoxy) is 1. The average Bonchev–Trinajstić information content (AvgIpc) is 3.28. The standard InChI is InChI=1S/C21H24N2O5S/c1-28-21(25)17-7-9-18(10-8-17)22-20(24)13-6-16-4-11-19(12-5-16)29(26,27)23-14-2-3-15-23/h4-5,7-12H,2-3,6,13-15H2,1H3,(H,22,24). The van der Waals surface area contributed by atoms with Crippen LogP contribution in [0.5, 0.6) is 0 Å². The molecule has 0 bridgehead atoms. The molecule has 0 radical (unpaired) electrons. The monoisotopic (exact) mass is 416 g/mol. The summed E-state index contributed by atoms with van der Waals surface area (Å²) in [5, 5.41) is 2.78. The second-order valence-electron chi connectivity index (χ2n) is 6.87. The average molecular weight is 416 g/mol. The lowest BCUT2D eigenvalue weighted by Crippen LogP contribution is -2.27. The Hall–Kier alpha value is -2.71. The highest BCUT2D eigenvalue weighted by Crippen LogP contribution is 2.21. The number of anilines is 1. The van der Waals surface area contributed by atoms with Gasteiger partial charge in [0.2, 0.25) is 15.9 Å². The Morgan fingerprint density at radius 2 is 1.62 bits per heavy atom. The first kappa shape index (κ1) is 21.0. The van der Waals surface area contributed by atoms with Gasteiger partial charge < -0.3 is 10.1 Å². The number of hydrogen-bond acceptors (Lipinski definition) is 5. The molecule has 0 aromatic heterocycles. The van der Waals surface area contributed by atoms with Crippen LogP contribution in [0.4, 0.5) is 5.69 Å².